The number of hydrogen-bond acceptors (Lipinski definition) is 4. The maximum Gasteiger partial charge on any atom is 0.471 e. The van der Waals surface area contributed by atoms with E-state index < -0.39 is 18.2 Å². The molecular formula is C17H22F3NO4. The molecule has 1 aliphatic rings. The van der Waals surface area contributed by atoms with Crippen LogP contribution in [0.1, 0.15) is 18.4 Å². The van der Waals surface area contributed by atoms with E-state index in [0.717, 1.165) is 10.5 Å². The van der Waals surface area contributed by atoms with Gasteiger partial charge in [0.25, 0.3) is 0 Å². The van der Waals surface area contributed by atoms with E-state index in [1.165, 1.54) is 14.2 Å². The first-order valence-corrected chi connectivity index (χ1v) is 8.02. The number of para-hydroxylation sites is 1. The van der Waals surface area contributed by atoms with E-state index in [1.807, 2.05) is 6.07 Å². The fraction of sp³-hybridized carbons (Fsp3) is 0.588. The lowest BCUT2D eigenvalue weighted by molar-refractivity contribution is -0.187. The molecule has 1 aromatic rings. The normalized spacial score (nSPS) is 17.3. The Hall–Kier alpha value is -1.96. The molecule has 1 aromatic carbocycles. The van der Waals surface area contributed by atoms with Gasteiger partial charge in [-0.25, -0.2) is 0 Å². The molecule has 25 heavy (non-hydrogen) atoms. The highest BCUT2D eigenvalue weighted by Gasteiger charge is 2.43. The Bertz CT molecular complexity index is 598. The fourth-order valence-corrected chi connectivity index (χ4v) is 3.17. The van der Waals surface area contributed by atoms with Crippen molar-refractivity contribution in [1.29, 1.82) is 0 Å². The SMILES string of the molecule is COc1cccc(CC(O)C2CCN(C(=O)C(F)(F)F)CC2)c1OC. The Balaban J connectivity index is 1.98. The molecule has 5 nitrogen and oxygen atoms in total. The molecule has 0 aliphatic carbocycles. The Morgan fingerprint density at radius 2 is 1.92 bits per heavy atom. The Morgan fingerprint density at radius 3 is 2.44 bits per heavy atom. The van der Waals surface area contributed by atoms with Crippen molar-refractivity contribution in [2.45, 2.75) is 31.5 Å². The van der Waals surface area contributed by atoms with Crippen molar-refractivity contribution < 1.29 is 32.5 Å². The molecule has 0 saturated carbocycles. The molecule has 1 aliphatic heterocycles. The molecule has 1 N–H and O–H groups in total. The van der Waals surface area contributed by atoms with Crippen LogP contribution in [-0.2, 0) is 11.2 Å². The lowest BCUT2D eigenvalue weighted by atomic mass is 9.87. The number of aliphatic hydroxyl groups excluding tert-OH is 1. The van der Waals surface area contributed by atoms with Gasteiger partial charge in [-0.3, -0.25) is 4.79 Å². The molecule has 8 heteroatoms. The van der Waals surface area contributed by atoms with Crippen LogP contribution in [0.4, 0.5) is 13.2 Å². The predicted octanol–water partition coefficient (Wildman–Crippen LogP) is 2.41. The zero-order valence-corrected chi connectivity index (χ0v) is 14.2. The molecule has 2 rings (SSSR count). The third-order valence-electron chi connectivity index (χ3n) is 4.53. The second-order valence-electron chi connectivity index (χ2n) is 6.05. The number of rotatable bonds is 5. The Morgan fingerprint density at radius 1 is 1.28 bits per heavy atom. The summed E-state index contributed by atoms with van der Waals surface area (Å²) in [5, 5.41) is 10.5. The summed E-state index contributed by atoms with van der Waals surface area (Å²) in [5.74, 6) is -0.894. The Labute approximate surface area is 144 Å². The number of benzene rings is 1. The van der Waals surface area contributed by atoms with Crippen molar-refractivity contribution in [1.82, 2.24) is 4.90 Å². The lowest BCUT2D eigenvalue weighted by Gasteiger charge is -2.34. The number of likely N-dealkylation sites (tertiary alicyclic amines) is 1. The average Bonchev–Trinajstić information content (AvgIpc) is 2.60. The van der Waals surface area contributed by atoms with Gasteiger partial charge in [-0.05, 0) is 24.8 Å². The number of amides is 1. The van der Waals surface area contributed by atoms with Gasteiger partial charge in [0.15, 0.2) is 11.5 Å². The fourth-order valence-electron chi connectivity index (χ4n) is 3.17. The standard InChI is InChI=1S/C17H22F3NO4/c1-24-14-5-3-4-12(15(14)25-2)10-13(22)11-6-8-21(9-7-11)16(23)17(18,19)20/h3-5,11,13,22H,6-10H2,1-2H3. The number of alkyl halides is 3. The van der Waals surface area contributed by atoms with E-state index in [4.69, 9.17) is 9.47 Å². The molecule has 0 radical (unpaired) electrons. The van der Waals surface area contributed by atoms with Gasteiger partial charge in [0.2, 0.25) is 0 Å². The van der Waals surface area contributed by atoms with Crippen LogP contribution >= 0.6 is 0 Å². The summed E-state index contributed by atoms with van der Waals surface area (Å²) in [7, 11) is 3.03. The zero-order valence-electron chi connectivity index (χ0n) is 14.2. The number of methoxy groups -OCH3 is 2. The summed E-state index contributed by atoms with van der Waals surface area (Å²) in [4.78, 5) is 12.1. The highest BCUT2D eigenvalue weighted by Crippen LogP contribution is 2.33. The average molecular weight is 361 g/mol. The van der Waals surface area contributed by atoms with Crippen LogP contribution in [0.5, 0.6) is 11.5 Å². The largest absolute Gasteiger partial charge is 0.493 e. The predicted molar refractivity (Wildman–Crippen MR) is 84.6 cm³/mol. The second kappa shape index (κ2) is 7.95. The van der Waals surface area contributed by atoms with Crippen LogP contribution < -0.4 is 9.47 Å². The van der Waals surface area contributed by atoms with Crippen molar-refractivity contribution in [2.75, 3.05) is 27.3 Å². The van der Waals surface area contributed by atoms with Gasteiger partial charge >= 0.3 is 12.1 Å². The third kappa shape index (κ3) is 4.56. The van der Waals surface area contributed by atoms with Gasteiger partial charge in [-0.2, -0.15) is 13.2 Å². The monoisotopic (exact) mass is 361 g/mol. The van der Waals surface area contributed by atoms with E-state index in [1.54, 1.807) is 12.1 Å². The van der Waals surface area contributed by atoms with E-state index >= 15 is 0 Å². The molecule has 1 fully saturated rings. The van der Waals surface area contributed by atoms with Crippen LogP contribution in [-0.4, -0.2) is 55.5 Å². The summed E-state index contributed by atoms with van der Waals surface area (Å²) in [6.07, 6.45) is -4.62. The van der Waals surface area contributed by atoms with Crippen LogP contribution in [0.2, 0.25) is 0 Å². The van der Waals surface area contributed by atoms with Gasteiger partial charge < -0.3 is 19.5 Å². The van der Waals surface area contributed by atoms with Crippen molar-refractivity contribution in [3.8, 4) is 11.5 Å². The van der Waals surface area contributed by atoms with Gasteiger partial charge in [0, 0.05) is 25.1 Å². The highest BCUT2D eigenvalue weighted by molar-refractivity contribution is 5.81. The summed E-state index contributed by atoms with van der Waals surface area (Å²) >= 11 is 0. The number of carbonyl (C=O) groups excluding carboxylic acids is 1. The number of aliphatic hydroxyl groups is 1. The molecular weight excluding hydrogens is 339 g/mol. The number of nitrogens with zero attached hydrogens (tertiary/aromatic N) is 1. The van der Waals surface area contributed by atoms with Crippen LogP contribution in [0, 0.1) is 5.92 Å². The zero-order chi connectivity index (χ0) is 18.6. The van der Waals surface area contributed by atoms with Crippen molar-refractivity contribution in [3.05, 3.63) is 23.8 Å². The minimum Gasteiger partial charge on any atom is -0.493 e. The van der Waals surface area contributed by atoms with Gasteiger partial charge in [0.1, 0.15) is 0 Å². The topological polar surface area (TPSA) is 59.0 Å². The first kappa shape index (κ1) is 19.4. The number of carbonyl (C=O) groups is 1. The first-order valence-electron chi connectivity index (χ1n) is 8.02. The van der Waals surface area contributed by atoms with Gasteiger partial charge in [-0.15, -0.1) is 0 Å². The Kier molecular flexibility index (Phi) is 6.16. The minimum absolute atomic E-state index is 0.00465. The lowest BCUT2D eigenvalue weighted by Crippen LogP contribution is -2.47. The molecule has 140 valence electrons. The minimum atomic E-state index is -4.85. The molecule has 0 spiro atoms. The van der Waals surface area contributed by atoms with Crippen molar-refractivity contribution in [2.24, 2.45) is 5.92 Å². The molecule has 1 heterocycles. The maximum atomic E-state index is 12.5. The number of piperidine rings is 1. The molecule has 0 aromatic heterocycles. The van der Waals surface area contributed by atoms with Crippen LogP contribution in [0.25, 0.3) is 0 Å². The number of ether oxygens (including phenoxy) is 2. The van der Waals surface area contributed by atoms with Crippen molar-refractivity contribution in [3.63, 3.8) is 0 Å². The van der Waals surface area contributed by atoms with Gasteiger partial charge in [0.05, 0.1) is 20.3 Å². The molecule has 0 bridgehead atoms. The summed E-state index contributed by atoms with van der Waals surface area (Å²) in [6.45, 7) is -0.00929. The van der Waals surface area contributed by atoms with E-state index in [0.29, 0.717) is 30.8 Å². The smallest absolute Gasteiger partial charge is 0.471 e. The summed E-state index contributed by atoms with van der Waals surface area (Å²) in [6, 6.07) is 5.34. The molecule has 1 saturated heterocycles. The van der Waals surface area contributed by atoms with Crippen molar-refractivity contribution >= 4 is 5.91 Å². The summed E-state index contributed by atoms with van der Waals surface area (Å²) in [5.41, 5.74) is 0.767. The van der Waals surface area contributed by atoms with E-state index in [9.17, 15) is 23.1 Å². The van der Waals surface area contributed by atoms with E-state index in [-0.39, 0.29) is 19.0 Å². The maximum absolute atomic E-state index is 12.5. The molecule has 1 unspecified atom stereocenters. The first-order chi connectivity index (χ1) is 11.8. The van der Waals surface area contributed by atoms with Gasteiger partial charge in [-0.1, -0.05) is 12.1 Å². The molecule has 1 atom stereocenters. The summed E-state index contributed by atoms with van der Waals surface area (Å²) < 4.78 is 47.9. The highest BCUT2D eigenvalue weighted by atomic mass is 19.4. The third-order valence-corrected chi connectivity index (χ3v) is 4.53. The quantitative estimate of drug-likeness (QED) is 0.875. The number of hydrogen-bond donors (Lipinski definition) is 1. The van der Waals surface area contributed by atoms with Crippen LogP contribution in [0.15, 0.2) is 18.2 Å². The number of halogens is 3. The molecule has 1 amide bonds. The second-order valence-corrected chi connectivity index (χ2v) is 6.05. The van der Waals surface area contributed by atoms with Crippen LogP contribution in [0.3, 0.4) is 0 Å². The van der Waals surface area contributed by atoms with E-state index in [2.05, 4.69) is 0 Å².